The highest BCUT2D eigenvalue weighted by molar-refractivity contribution is 6.32. The van der Waals surface area contributed by atoms with Crippen LogP contribution in [0, 0.1) is 0 Å². The molecule has 2 aliphatic rings. The predicted octanol–water partition coefficient (Wildman–Crippen LogP) is 5.38. The predicted molar refractivity (Wildman–Crippen MR) is 144 cm³/mol. The molecule has 1 amide bonds. The molecule has 0 radical (unpaired) electrons. The maximum absolute atomic E-state index is 12.9. The molecule has 0 bridgehead atoms. The highest BCUT2D eigenvalue weighted by Gasteiger charge is 2.29. The van der Waals surface area contributed by atoms with E-state index in [9.17, 15) is 4.79 Å². The Balaban J connectivity index is 1.40. The number of carbonyl (C=O) groups is 1. The number of amides is 1. The summed E-state index contributed by atoms with van der Waals surface area (Å²) in [7, 11) is 5.67. The zero-order valence-corrected chi connectivity index (χ0v) is 21.5. The Morgan fingerprint density at radius 2 is 2.00 bits per heavy atom. The van der Waals surface area contributed by atoms with Crippen molar-refractivity contribution in [1.82, 2.24) is 24.3 Å². The zero-order valence-electron chi connectivity index (χ0n) is 20.8. The van der Waals surface area contributed by atoms with Crippen molar-refractivity contribution in [2.75, 3.05) is 33.0 Å². The molecule has 4 aromatic rings. The third kappa shape index (κ3) is 4.12. The summed E-state index contributed by atoms with van der Waals surface area (Å²) in [6.07, 6.45) is 7.06. The molecule has 2 aromatic carbocycles. The van der Waals surface area contributed by atoms with E-state index in [0.717, 1.165) is 36.1 Å². The average Bonchev–Trinajstić information content (AvgIpc) is 3.64. The number of anilines is 2. The quantitative estimate of drug-likeness (QED) is 0.398. The number of hydrogen-bond acceptors (Lipinski definition) is 5. The molecule has 1 N–H and O–H groups in total. The van der Waals surface area contributed by atoms with Crippen molar-refractivity contribution in [1.29, 1.82) is 0 Å². The summed E-state index contributed by atoms with van der Waals surface area (Å²) in [5.41, 5.74) is 6.85. The van der Waals surface area contributed by atoms with Crippen LogP contribution in [0.25, 0.3) is 16.7 Å². The van der Waals surface area contributed by atoms with Crippen molar-refractivity contribution >= 4 is 40.0 Å². The molecule has 6 rings (SSSR count). The number of benzene rings is 2. The number of carbonyl (C=O) groups excluding carboxylic acids is 1. The summed E-state index contributed by atoms with van der Waals surface area (Å²) in [5.74, 6) is 1.60. The second kappa shape index (κ2) is 8.91. The Bertz CT molecular complexity index is 1490. The van der Waals surface area contributed by atoms with E-state index in [-0.39, 0.29) is 5.91 Å². The van der Waals surface area contributed by atoms with Crippen LogP contribution >= 0.6 is 11.6 Å². The Morgan fingerprint density at radius 1 is 1.19 bits per heavy atom. The molecule has 3 heterocycles. The molecule has 1 fully saturated rings. The van der Waals surface area contributed by atoms with Crippen molar-refractivity contribution < 1.29 is 4.79 Å². The van der Waals surface area contributed by atoms with Gasteiger partial charge >= 0.3 is 0 Å². The van der Waals surface area contributed by atoms with E-state index in [1.165, 1.54) is 29.5 Å². The summed E-state index contributed by atoms with van der Waals surface area (Å²) in [6, 6.07) is 12.3. The van der Waals surface area contributed by atoms with Crippen molar-refractivity contribution in [2.24, 2.45) is 0 Å². The maximum Gasteiger partial charge on any atom is 0.255 e. The summed E-state index contributed by atoms with van der Waals surface area (Å²) >= 11 is 6.60. The molecule has 1 saturated carbocycles. The topological polar surface area (TPSA) is 66.3 Å². The van der Waals surface area contributed by atoms with Gasteiger partial charge in [-0.05, 0) is 67.1 Å². The fraction of sp³-hybridized carbons (Fsp3) is 0.321. The van der Waals surface area contributed by atoms with Gasteiger partial charge in [0.2, 0.25) is 5.95 Å². The van der Waals surface area contributed by atoms with Gasteiger partial charge in [-0.3, -0.25) is 9.36 Å². The lowest BCUT2D eigenvalue weighted by molar-refractivity contribution is 0.0829. The lowest BCUT2D eigenvalue weighted by Crippen LogP contribution is -2.27. The van der Waals surface area contributed by atoms with Crippen LogP contribution in [-0.2, 0) is 13.0 Å². The highest BCUT2D eigenvalue weighted by Crippen LogP contribution is 2.44. The first-order valence-corrected chi connectivity index (χ1v) is 12.7. The highest BCUT2D eigenvalue weighted by atomic mass is 35.5. The van der Waals surface area contributed by atoms with E-state index < -0.39 is 0 Å². The molecule has 2 aromatic heterocycles. The molecule has 1 aliphatic heterocycles. The lowest BCUT2D eigenvalue weighted by atomic mass is 9.91. The minimum atomic E-state index is -0.0693. The van der Waals surface area contributed by atoms with E-state index in [4.69, 9.17) is 16.6 Å². The lowest BCUT2D eigenvalue weighted by Gasteiger charge is -2.28. The van der Waals surface area contributed by atoms with E-state index in [1.54, 1.807) is 25.2 Å². The Labute approximate surface area is 215 Å². The third-order valence-corrected chi connectivity index (χ3v) is 7.40. The van der Waals surface area contributed by atoms with Crippen molar-refractivity contribution in [3.63, 3.8) is 0 Å². The number of nitrogens with one attached hydrogen (secondary N) is 1. The van der Waals surface area contributed by atoms with Crippen molar-refractivity contribution in [3.05, 3.63) is 76.1 Å². The first-order chi connectivity index (χ1) is 17.4. The molecule has 36 heavy (non-hydrogen) atoms. The second-order valence-electron chi connectivity index (χ2n) is 10.1. The van der Waals surface area contributed by atoms with Gasteiger partial charge in [-0.1, -0.05) is 29.8 Å². The first kappa shape index (κ1) is 23.0. The van der Waals surface area contributed by atoms with Gasteiger partial charge in [0.05, 0.1) is 17.3 Å². The van der Waals surface area contributed by atoms with Crippen LogP contribution in [0.5, 0.6) is 0 Å². The fourth-order valence-electron chi connectivity index (χ4n) is 5.19. The van der Waals surface area contributed by atoms with E-state index in [1.807, 2.05) is 35.0 Å². The second-order valence-corrected chi connectivity index (χ2v) is 10.5. The number of likely N-dealkylation sites (N-methyl/N-ethyl adjacent to an activating group) is 1. The molecule has 184 valence electrons. The number of rotatable bonds is 5. The van der Waals surface area contributed by atoms with Gasteiger partial charge in [0.15, 0.2) is 5.82 Å². The van der Waals surface area contributed by atoms with Gasteiger partial charge in [-0.25, -0.2) is 4.98 Å². The summed E-state index contributed by atoms with van der Waals surface area (Å²) < 4.78 is 1.87. The minimum absolute atomic E-state index is 0.0693. The van der Waals surface area contributed by atoms with Gasteiger partial charge in [-0.2, -0.15) is 4.98 Å². The van der Waals surface area contributed by atoms with Gasteiger partial charge in [0.1, 0.15) is 5.02 Å². The smallest absolute Gasteiger partial charge is 0.255 e. The third-order valence-electron chi connectivity index (χ3n) is 7.14. The molecule has 0 spiro atoms. The zero-order chi connectivity index (χ0) is 25.0. The Morgan fingerprint density at radius 3 is 2.78 bits per heavy atom. The Kier molecular flexibility index (Phi) is 5.69. The number of fused-ring (bicyclic) bond motifs is 2. The minimum Gasteiger partial charge on any atom is -0.345 e. The Hall–Kier alpha value is -3.42. The van der Waals surface area contributed by atoms with Crippen molar-refractivity contribution in [2.45, 2.75) is 31.7 Å². The van der Waals surface area contributed by atoms with Gasteiger partial charge in [0.25, 0.3) is 5.91 Å². The number of aromatic nitrogens is 3. The van der Waals surface area contributed by atoms with Crippen LogP contribution in [-0.4, -0.2) is 57.9 Å². The SMILES string of the molecule is CN1CCc2c(cc(Nc3ncc(Cl)c(-n4cc(C(=O)N(C)C)c5ccccc54)n3)cc2C2CC2)C1. The average molecular weight is 501 g/mol. The summed E-state index contributed by atoms with van der Waals surface area (Å²) in [5, 5.41) is 4.71. The fourth-order valence-corrected chi connectivity index (χ4v) is 5.37. The van der Waals surface area contributed by atoms with Crippen LogP contribution in [0.4, 0.5) is 11.6 Å². The van der Waals surface area contributed by atoms with E-state index >= 15 is 0 Å². The normalized spacial score (nSPS) is 15.7. The van der Waals surface area contributed by atoms with Crippen LogP contribution in [0.15, 0.2) is 48.8 Å². The standard InChI is InChI=1S/C28H29ClN6O/c1-33(2)27(36)23-16-35(25-7-5-4-6-21(23)25)26-24(29)14-30-28(32-26)31-19-12-18-15-34(3)11-10-20(18)22(13-19)17-8-9-17/h4-7,12-14,16-17H,8-11,15H2,1-3H3,(H,30,31,32). The molecular formula is C28H29ClN6O. The van der Waals surface area contributed by atoms with Crippen LogP contribution < -0.4 is 5.32 Å². The van der Waals surface area contributed by atoms with Crippen LogP contribution in [0.2, 0.25) is 5.02 Å². The summed E-state index contributed by atoms with van der Waals surface area (Å²) in [6.45, 7) is 2.06. The largest absolute Gasteiger partial charge is 0.345 e. The monoisotopic (exact) mass is 500 g/mol. The first-order valence-electron chi connectivity index (χ1n) is 12.3. The molecule has 8 heteroatoms. The summed E-state index contributed by atoms with van der Waals surface area (Å²) in [4.78, 5) is 26.1. The molecule has 0 atom stereocenters. The van der Waals surface area contributed by atoms with E-state index in [2.05, 4.69) is 34.4 Å². The number of para-hydroxylation sites is 1. The van der Waals surface area contributed by atoms with Gasteiger partial charge in [-0.15, -0.1) is 0 Å². The number of halogens is 1. The van der Waals surface area contributed by atoms with Crippen LogP contribution in [0.3, 0.4) is 0 Å². The molecule has 7 nitrogen and oxygen atoms in total. The van der Waals surface area contributed by atoms with E-state index in [0.29, 0.717) is 28.3 Å². The maximum atomic E-state index is 12.9. The molecular weight excluding hydrogens is 472 g/mol. The van der Waals surface area contributed by atoms with Gasteiger partial charge < -0.3 is 15.1 Å². The van der Waals surface area contributed by atoms with Crippen LogP contribution in [0.1, 0.15) is 45.8 Å². The molecule has 1 aliphatic carbocycles. The number of nitrogens with zero attached hydrogens (tertiary/aromatic N) is 5. The number of hydrogen-bond donors (Lipinski definition) is 1. The molecule has 0 saturated heterocycles. The molecule has 0 unspecified atom stereocenters. The van der Waals surface area contributed by atoms with Crippen molar-refractivity contribution in [3.8, 4) is 5.82 Å². The van der Waals surface area contributed by atoms with Gasteiger partial charge in [0, 0.05) is 44.5 Å².